The van der Waals surface area contributed by atoms with Crippen LogP contribution in [0.25, 0.3) is 0 Å². The minimum absolute atomic E-state index is 0.0680. The van der Waals surface area contributed by atoms with E-state index in [4.69, 9.17) is 4.74 Å². The molecule has 0 aromatic heterocycles. The van der Waals surface area contributed by atoms with Crippen molar-refractivity contribution in [3.63, 3.8) is 0 Å². The number of hydrogen-bond donors (Lipinski definition) is 2. The SMILES string of the molecule is CC(=O)C(=O)C(Cc1ccccc1)NC(=O)C(NC(=O)OCc1ccccc1)C(C)C. The van der Waals surface area contributed by atoms with Crippen molar-refractivity contribution in [2.75, 3.05) is 0 Å². The highest BCUT2D eigenvalue weighted by molar-refractivity contribution is 6.38. The van der Waals surface area contributed by atoms with E-state index in [9.17, 15) is 19.2 Å². The maximum Gasteiger partial charge on any atom is 0.408 e. The third kappa shape index (κ3) is 7.70. The number of ketones is 2. The first kappa shape index (κ1) is 23.8. The van der Waals surface area contributed by atoms with Gasteiger partial charge in [-0.15, -0.1) is 0 Å². The van der Waals surface area contributed by atoms with Crippen LogP contribution in [-0.2, 0) is 32.1 Å². The Hall–Kier alpha value is -3.48. The van der Waals surface area contributed by atoms with E-state index in [1.807, 2.05) is 60.7 Å². The largest absolute Gasteiger partial charge is 0.445 e. The van der Waals surface area contributed by atoms with Crippen LogP contribution in [0.2, 0.25) is 0 Å². The first-order valence-electron chi connectivity index (χ1n) is 10.1. The van der Waals surface area contributed by atoms with Gasteiger partial charge in [-0.3, -0.25) is 14.4 Å². The van der Waals surface area contributed by atoms with Crippen LogP contribution in [0.1, 0.15) is 31.9 Å². The van der Waals surface area contributed by atoms with Crippen molar-refractivity contribution in [1.29, 1.82) is 0 Å². The fourth-order valence-electron chi connectivity index (χ4n) is 2.99. The van der Waals surface area contributed by atoms with Gasteiger partial charge in [0, 0.05) is 13.3 Å². The summed E-state index contributed by atoms with van der Waals surface area (Å²) in [4.78, 5) is 49.1. The number of alkyl carbamates (subject to hydrolysis) is 1. The van der Waals surface area contributed by atoms with E-state index in [1.54, 1.807) is 13.8 Å². The smallest absolute Gasteiger partial charge is 0.408 e. The summed E-state index contributed by atoms with van der Waals surface area (Å²) in [5, 5.41) is 5.18. The van der Waals surface area contributed by atoms with Crippen molar-refractivity contribution < 1.29 is 23.9 Å². The molecular formula is C24H28N2O5. The number of nitrogens with one attached hydrogen (secondary N) is 2. The number of carbonyl (C=O) groups excluding carboxylic acids is 4. The number of benzene rings is 2. The maximum absolute atomic E-state index is 12.9. The molecule has 0 bridgehead atoms. The van der Waals surface area contributed by atoms with Gasteiger partial charge in [0.2, 0.25) is 11.7 Å². The first-order valence-corrected chi connectivity index (χ1v) is 10.1. The Morgan fingerprint density at radius 3 is 1.90 bits per heavy atom. The van der Waals surface area contributed by atoms with Gasteiger partial charge in [-0.25, -0.2) is 4.79 Å². The summed E-state index contributed by atoms with van der Waals surface area (Å²) < 4.78 is 5.19. The molecule has 0 fully saturated rings. The van der Waals surface area contributed by atoms with E-state index in [0.717, 1.165) is 11.1 Å². The normalized spacial score (nSPS) is 12.5. The molecule has 31 heavy (non-hydrogen) atoms. The molecule has 0 aliphatic heterocycles. The fourth-order valence-corrected chi connectivity index (χ4v) is 2.99. The monoisotopic (exact) mass is 424 g/mol. The minimum Gasteiger partial charge on any atom is -0.445 e. The molecule has 2 unspecified atom stereocenters. The topological polar surface area (TPSA) is 102 Å². The summed E-state index contributed by atoms with van der Waals surface area (Å²) in [5.41, 5.74) is 1.62. The molecule has 0 heterocycles. The average Bonchev–Trinajstić information content (AvgIpc) is 2.76. The minimum atomic E-state index is -1.02. The molecule has 7 nitrogen and oxygen atoms in total. The molecule has 0 radical (unpaired) electrons. The Kier molecular flexibility index (Phi) is 8.94. The lowest BCUT2D eigenvalue weighted by Gasteiger charge is -2.24. The lowest BCUT2D eigenvalue weighted by Crippen LogP contribution is -2.55. The van der Waals surface area contributed by atoms with Crippen molar-refractivity contribution >= 4 is 23.6 Å². The van der Waals surface area contributed by atoms with Crippen molar-refractivity contribution in [3.8, 4) is 0 Å². The number of ether oxygens (including phenoxy) is 1. The van der Waals surface area contributed by atoms with Gasteiger partial charge in [-0.2, -0.15) is 0 Å². The molecule has 0 spiro atoms. The molecule has 0 saturated heterocycles. The van der Waals surface area contributed by atoms with E-state index >= 15 is 0 Å². The quantitative estimate of drug-likeness (QED) is 0.571. The van der Waals surface area contributed by atoms with Gasteiger partial charge in [-0.1, -0.05) is 74.5 Å². The molecule has 2 N–H and O–H groups in total. The van der Waals surface area contributed by atoms with Gasteiger partial charge in [0.15, 0.2) is 5.78 Å². The summed E-state index contributed by atoms with van der Waals surface area (Å²) in [6.45, 7) is 4.77. The lowest BCUT2D eigenvalue weighted by molar-refractivity contribution is -0.138. The zero-order valence-corrected chi connectivity index (χ0v) is 18.0. The third-order valence-corrected chi connectivity index (χ3v) is 4.70. The van der Waals surface area contributed by atoms with Gasteiger partial charge in [-0.05, 0) is 17.0 Å². The Labute approximate surface area is 182 Å². The molecule has 0 saturated carbocycles. The Balaban J connectivity index is 2.04. The van der Waals surface area contributed by atoms with Crippen LogP contribution in [0.5, 0.6) is 0 Å². The molecule has 2 rings (SSSR count). The Bertz CT molecular complexity index is 897. The van der Waals surface area contributed by atoms with Crippen LogP contribution in [0.4, 0.5) is 4.79 Å². The molecule has 2 aromatic carbocycles. The summed E-state index contributed by atoms with van der Waals surface area (Å²) in [7, 11) is 0. The number of Topliss-reactive ketones (excluding diaryl/α,β-unsaturated/α-hetero) is 2. The van der Waals surface area contributed by atoms with Gasteiger partial charge in [0.1, 0.15) is 12.6 Å². The van der Waals surface area contributed by atoms with Crippen molar-refractivity contribution in [2.45, 2.75) is 45.9 Å². The van der Waals surface area contributed by atoms with Gasteiger partial charge < -0.3 is 15.4 Å². The fraction of sp³-hybridized carbons (Fsp3) is 0.333. The molecule has 2 atom stereocenters. The number of hydrogen-bond acceptors (Lipinski definition) is 5. The summed E-state index contributed by atoms with van der Waals surface area (Å²) in [5.74, 6) is -2.15. The molecule has 0 aliphatic rings. The first-order chi connectivity index (χ1) is 14.8. The van der Waals surface area contributed by atoms with E-state index in [-0.39, 0.29) is 18.9 Å². The van der Waals surface area contributed by atoms with E-state index in [1.165, 1.54) is 6.92 Å². The highest BCUT2D eigenvalue weighted by atomic mass is 16.5. The Morgan fingerprint density at radius 2 is 1.39 bits per heavy atom. The molecule has 2 aromatic rings. The predicted molar refractivity (Wildman–Crippen MR) is 116 cm³/mol. The second-order valence-electron chi connectivity index (χ2n) is 7.60. The van der Waals surface area contributed by atoms with E-state index in [0.29, 0.717) is 0 Å². The molecule has 7 heteroatoms. The van der Waals surface area contributed by atoms with Crippen LogP contribution < -0.4 is 10.6 Å². The van der Waals surface area contributed by atoms with Crippen molar-refractivity contribution in [3.05, 3.63) is 71.8 Å². The second kappa shape index (κ2) is 11.6. The Morgan fingerprint density at radius 1 is 0.839 bits per heavy atom. The molecule has 2 amide bonds. The number of amides is 2. The zero-order chi connectivity index (χ0) is 22.8. The summed E-state index contributed by atoms with van der Waals surface area (Å²) in [6, 6.07) is 16.3. The highest BCUT2D eigenvalue weighted by Crippen LogP contribution is 2.08. The highest BCUT2D eigenvalue weighted by Gasteiger charge is 2.30. The summed E-state index contributed by atoms with van der Waals surface area (Å²) >= 11 is 0. The summed E-state index contributed by atoms with van der Waals surface area (Å²) in [6.07, 6.45) is -0.566. The molecule has 0 aliphatic carbocycles. The average molecular weight is 424 g/mol. The standard InChI is InChI=1S/C24H28N2O5/c1-16(2)21(26-24(30)31-15-19-12-8-5-9-13-19)23(29)25-20(22(28)17(3)27)14-18-10-6-4-7-11-18/h4-13,16,20-21H,14-15H2,1-3H3,(H,25,29)(H,26,30). The zero-order valence-electron chi connectivity index (χ0n) is 18.0. The van der Waals surface area contributed by atoms with Crippen LogP contribution in [0.3, 0.4) is 0 Å². The van der Waals surface area contributed by atoms with E-state index in [2.05, 4.69) is 10.6 Å². The van der Waals surface area contributed by atoms with Crippen LogP contribution >= 0.6 is 0 Å². The van der Waals surface area contributed by atoms with Crippen LogP contribution in [-0.4, -0.2) is 35.7 Å². The van der Waals surface area contributed by atoms with Gasteiger partial charge >= 0.3 is 6.09 Å². The number of carbonyl (C=O) groups is 4. The third-order valence-electron chi connectivity index (χ3n) is 4.70. The molecule has 164 valence electrons. The predicted octanol–water partition coefficient (Wildman–Crippen LogP) is 2.82. The maximum atomic E-state index is 12.9. The van der Waals surface area contributed by atoms with Gasteiger partial charge in [0.05, 0.1) is 6.04 Å². The van der Waals surface area contributed by atoms with Crippen LogP contribution in [0, 0.1) is 5.92 Å². The van der Waals surface area contributed by atoms with Crippen LogP contribution in [0.15, 0.2) is 60.7 Å². The van der Waals surface area contributed by atoms with E-state index < -0.39 is 35.7 Å². The molecular weight excluding hydrogens is 396 g/mol. The van der Waals surface area contributed by atoms with Gasteiger partial charge in [0.25, 0.3) is 0 Å². The lowest BCUT2D eigenvalue weighted by atomic mass is 9.98. The number of rotatable bonds is 10. The van der Waals surface area contributed by atoms with Crippen molar-refractivity contribution in [2.24, 2.45) is 5.92 Å². The second-order valence-corrected chi connectivity index (χ2v) is 7.60. The van der Waals surface area contributed by atoms with Crippen molar-refractivity contribution in [1.82, 2.24) is 10.6 Å².